The van der Waals surface area contributed by atoms with E-state index in [4.69, 9.17) is 5.11 Å². The van der Waals surface area contributed by atoms with Crippen molar-refractivity contribution in [3.8, 4) is 0 Å². The maximum Gasteiger partial charge on any atom is 0.143 e. The Hall–Kier alpha value is -1.41. The molecule has 1 aromatic rings. The maximum absolute atomic E-state index is 10.4. The zero-order valence-corrected chi connectivity index (χ0v) is 7.86. The van der Waals surface area contributed by atoms with Gasteiger partial charge >= 0.3 is 0 Å². The summed E-state index contributed by atoms with van der Waals surface area (Å²) in [4.78, 5) is 10.4. The van der Waals surface area contributed by atoms with Gasteiger partial charge in [0, 0.05) is 0 Å². The molecule has 0 fully saturated rings. The summed E-state index contributed by atoms with van der Waals surface area (Å²) in [6.07, 6.45) is 4.38. The predicted molar refractivity (Wildman–Crippen MR) is 54.7 cm³/mol. The molecule has 1 aromatic carbocycles. The lowest BCUT2D eigenvalue weighted by Gasteiger charge is -2.02. The zero-order chi connectivity index (χ0) is 9.97. The second-order valence-corrected chi connectivity index (χ2v) is 3.48. The number of carbonyl (C=O) groups excluding carboxylic acids is 1. The van der Waals surface area contributed by atoms with Gasteiger partial charge in [-0.2, -0.15) is 0 Å². The number of aliphatic hydroxyl groups excluding tert-OH is 1. The van der Waals surface area contributed by atoms with Gasteiger partial charge in [-0.15, -0.1) is 0 Å². The van der Waals surface area contributed by atoms with Gasteiger partial charge in [0.25, 0.3) is 0 Å². The van der Waals surface area contributed by atoms with Crippen LogP contribution in [0.2, 0.25) is 0 Å². The van der Waals surface area contributed by atoms with Crippen molar-refractivity contribution in [1.82, 2.24) is 0 Å². The van der Waals surface area contributed by atoms with Gasteiger partial charge in [-0.1, -0.05) is 12.1 Å². The van der Waals surface area contributed by atoms with Crippen molar-refractivity contribution >= 4 is 11.9 Å². The van der Waals surface area contributed by atoms with E-state index in [2.05, 4.69) is 0 Å². The highest BCUT2D eigenvalue weighted by Gasteiger charge is 2.15. The topological polar surface area (TPSA) is 37.3 Å². The molecule has 0 unspecified atom stereocenters. The van der Waals surface area contributed by atoms with Crippen molar-refractivity contribution in [2.75, 3.05) is 0 Å². The van der Waals surface area contributed by atoms with Crippen molar-refractivity contribution in [2.45, 2.75) is 19.4 Å². The van der Waals surface area contributed by atoms with Gasteiger partial charge in [-0.05, 0) is 47.2 Å². The van der Waals surface area contributed by atoms with Crippen LogP contribution in [0.15, 0.2) is 24.3 Å². The smallest absolute Gasteiger partial charge is 0.143 e. The molecular formula is C12H12O2. The Kier molecular flexibility index (Phi) is 2.46. The molecule has 0 atom stereocenters. The normalized spacial score (nSPS) is 17.1. The third-order valence-electron chi connectivity index (χ3n) is 2.64. The van der Waals surface area contributed by atoms with Crippen LogP contribution in [0.25, 0.3) is 5.57 Å². The van der Waals surface area contributed by atoms with E-state index in [1.54, 1.807) is 6.08 Å². The van der Waals surface area contributed by atoms with Crippen LogP contribution in [0.4, 0.5) is 0 Å². The Morgan fingerprint density at radius 1 is 1.36 bits per heavy atom. The molecule has 1 aliphatic carbocycles. The molecule has 0 aromatic heterocycles. The summed E-state index contributed by atoms with van der Waals surface area (Å²) in [7, 11) is 0. The first-order chi connectivity index (χ1) is 6.85. The fourth-order valence-electron chi connectivity index (χ4n) is 1.90. The van der Waals surface area contributed by atoms with Gasteiger partial charge in [0.2, 0.25) is 0 Å². The second kappa shape index (κ2) is 3.76. The lowest BCUT2D eigenvalue weighted by Crippen LogP contribution is -1.87. The van der Waals surface area contributed by atoms with E-state index in [9.17, 15) is 4.79 Å². The van der Waals surface area contributed by atoms with Crippen molar-refractivity contribution in [1.29, 1.82) is 0 Å². The minimum atomic E-state index is 0.0572. The minimum Gasteiger partial charge on any atom is -0.392 e. The number of allylic oxidation sites excluding steroid dienone is 2. The molecule has 1 N–H and O–H groups in total. The Balaban J connectivity index is 2.46. The summed E-state index contributed by atoms with van der Waals surface area (Å²) >= 11 is 0. The summed E-state index contributed by atoms with van der Waals surface area (Å²) < 4.78 is 0. The van der Waals surface area contributed by atoms with Gasteiger partial charge in [0.05, 0.1) is 6.61 Å². The van der Waals surface area contributed by atoms with Gasteiger partial charge < -0.3 is 5.11 Å². The van der Waals surface area contributed by atoms with E-state index < -0.39 is 0 Å². The van der Waals surface area contributed by atoms with Gasteiger partial charge in [0.15, 0.2) is 0 Å². The molecule has 2 heteroatoms. The number of carbonyl (C=O) groups is 1. The molecule has 0 radical (unpaired) electrons. The molecule has 14 heavy (non-hydrogen) atoms. The van der Waals surface area contributed by atoms with E-state index in [1.165, 1.54) is 5.56 Å². The summed E-state index contributed by atoms with van der Waals surface area (Å²) in [6.45, 7) is 0.0572. The summed E-state index contributed by atoms with van der Waals surface area (Å²) in [5.41, 5.74) is 4.40. The first-order valence-corrected chi connectivity index (χ1v) is 4.72. The molecule has 0 spiro atoms. The average Bonchev–Trinajstić information content (AvgIpc) is 2.61. The number of hydrogen-bond acceptors (Lipinski definition) is 2. The van der Waals surface area contributed by atoms with Gasteiger partial charge in [-0.3, -0.25) is 4.79 Å². The van der Waals surface area contributed by atoms with Crippen LogP contribution < -0.4 is 0 Å². The first kappa shape index (κ1) is 9.16. The van der Waals surface area contributed by atoms with Gasteiger partial charge in [-0.25, -0.2) is 0 Å². The van der Waals surface area contributed by atoms with Crippen LogP contribution in [-0.4, -0.2) is 11.4 Å². The highest BCUT2D eigenvalue weighted by Crippen LogP contribution is 2.32. The summed E-state index contributed by atoms with van der Waals surface area (Å²) in [5, 5.41) is 9.00. The van der Waals surface area contributed by atoms with E-state index in [0.29, 0.717) is 0 Å². The Labute approximate surface area is 82.9 Å². The largest absolute Gasteiger partial charge is 0.392 e. The van der Waals surface area contributed by atoms with E-state index in [-0.39, 0.29) is 6.61 Å². The van der Waals surface area contributed by atoms with E-state index >= 15 is 0 Å². The summed E-state index contributed by atoms with van der Waals surface area (Å²) in [6, 6.07) is 5.94. The molecule has 2 rings (SSSR count). The molecule has 0 aliphatic heterocycles. The van der Waals surface area contributed by atoms with Crippen molar-refractivity contribution < 1.29 is 9.90 Å². The van der Waals surface area contributed by atoms with Crippen molar-refractivity contribution in [3.63, 3.8) is 0 Å². The molecule has 0 saturated carbocycles. The van der Waals surface area contributed by atoms with Crippen LogP contribution >= 0.6 is 0 Å². The molecule has 0 amide bonds. The number of hydrogen-bond donors (Lipinski definition) is 1. The molecule has 2 nitrogen and oxygen atoms in total. The number of benzene rings is 1. The molecule has 72 valence electrons. The predicted octanol–water partition coefficient (Wildman–Crippen LogP) is 1.71. The lowest BCUT2D eigenvalue weighted by atomic mass is 10.0. The van der Waals surface area contributed by atoms with E-state index in [1.807, 2.05) is 18.2 Å². The number of aliphatic hydroxyl groups is 1. The third kappa shape index (κ3) is 1.49. The molecule has 0 bridgehead atoms. The van der Waals surface area contributed by atoms with Crippen LogP contribution in [-0.2, 0) is 17.8 Å². The highest BCUT2D eigenvalue weighted by atomic mass is 16.3. The number of fused-ring (bicyclic) bond motifs is 1. The Morgan fingerprint density at radius 3 is 2.93 bits per heavy atom. The third-order valence-corrected chi connectivity index (χ3v) is 2.64. The highest BCUT2D eigenvalue weighted by molar-refractivity contribution is 5.84. The van der Waals surface area contributed by atoms with Crippen molar-refractivity contribution in [2.24, 2.45) is 0 Å². The van der Waals surface area contributed by atoms with Crippen LogP contribution in [0, 0.1) is 0 Å². The SMILES string of the molecule is O=C/C=C1\CCc2ccc(CO)cc21. The average molecular weight is 188 g/mol. The minimum absolute atomic E-state index is 0.0572. The van der Waals surface area contributed by atoms with Crippen LogP contribution in [0.1, 0.15) is 23.1 Å². The standard InChI is InChI=1S/C12H12O2/c13-6-5-11-4-3-10-2-1-9(8-14)7-12(10)11/h1-2,5-7,14H,3-4,8H2/b11-5+. The first-order valence-electron chi connectivity index (χ1n) is 4.72. The number of aldehydes is 1. The summed E-state index contributed by atoms with van der Waals surface area (Å²) in [5.74, 6) is 0. The molecule has 0 heterocycles. The fraction of sp³-hybridized carbons (Fsp3) is 0.250. The second-order valence-electron chi connectivity index (χ2n) is 3.48. The lowest BCUT2D eigenvalue weighted by molar-refractivity contribution is -0.104. The molecular weight excluding hydrogens is 176 g/mol. The monoisotopic (exact) mass is 188 g/mol. The zero-order valence-electron chi connectivity index (χ0n) is 7.86. The quantitative estimate of drug-likeness (QED) is 0.566. The molecule has 0 saturated heterocycles. The van der Waals surface area contributed by atoms with E-state index in [0.717, 1.165) is 35.8 Å². The number of rotatable bonds is 2. The fourth-order valence-corrected chi connectivity index (χ4v) is 1.90. The molecule has 1 aliphatic rings. The Bertz CT molecular complexity index is 391. The maximum atomic E-state index is 10.4. The van der Waals surface area contributed by atoms with Crippen LogP contribution in [0.3, 0.4) is 0 Å². The van der Waals surface area contributed by atoms with Gasteiger partial charge in [0.1, 0.15) is 6.29 Å². The number of aryl methyl sites for hydroxylation is 1. The van der Waals surface area contributed by atoms with Crippen LogP contribution in [0.5, 0.6) is 0 Å². The van der Waals surface area contributed by atoms with Crippen molar-refractivity contribution in [3.05, 3.63) is 41.0 Å². The Morgan fingerprint density at radius 2 is 2.21 bits per heavy atom.